The number of H-pyrrole nitrogens is 1. The Hall–Kier alpha value is -1.62. The Labute approximate surface area is 86.7 Å². The number of amides is 1. The summed E-state index contributed by atoms with van der Waals surface area (Å²) in [6, 6.07) is 3.23. The molecule has 0 aromatic carbocycles. The van der Waals surface area contributed by atoms with Gasteiger partial charge in [0.1, 0.15) is 0 Å². The Bertz CT molecular complexity index is 421. The maximum absolute atomic E-state index is 11.6. The predicted octanol–water partition coefficient (Wildman–Crippen LogP) is -0.406. The molecule has 1 aliphatic rings. The standard InChI is InChI=1S/C10H13N3O2/c11-7-4-8(5-7)13-10(15)6-1-2-12-9(14)3-6/h1-3,7-8H,4-5,11H2,(H,12,14)(H,13,15). The zero-order valence-electron chi connectivity index (χ0n) is 8.19. The highest BCUT2D eigenvalue weighted by Gasteiger charge is 2.27. The van der Waals surface area contributed by atoms with Crippen molar-refractivity contribution in [1.82, 2.24) is 10.3 Å². The van der Waals surface area contributed by atoms with Crippen LogP contribution in [0.3, 0.4) is 0 Å². The number of hydrogen-bond donors (Lipinski definition) is 3. The molecular formula is C10H13N3O2. The summed E-state index contributed by atoms with van der Waals surface area (Å²) in [5.41, 5.74) is 5.72. The molecule has 1 saturated carbocycles. The SMILES string of the molecule is NC1CC(NC(=O)c2cc[nH]c(=O)c2)C1. The number of nitrogens with two attached hydrogens (primary N) is 1. The third-order valence-electron chi connectivity index (χ3n) is 2.55. The molecule has 4 N–H and O–H groups in total. The van der Waals surface area contributed by atoms with Gasteiger partial charge in [-0.05, 0) is 18.9 Å². The molecule has 0 radical (unpaired) electrons. The molecule has 0 saturated heterocycles. The molecule has 1 aromatic rings. The van der Waals surface area contributed by atoms with E-state index in [-0.39, 0.29) is 23.6 Å². The lowest BCUT2D eigenvalue weighted by molar-refractivity contribution is 0.0910. The zero-order valence-corrected chi connectivity index (χ0v) is 8.19. The van der Waals surface area contributed by atoms with E-state index in [1.807, 2.05) is 0 Å². The number of aromatic nitrogens is 1. The smallest absolute Gasteiger partial charge is 0.251 e. The summed E-state index contributed by atoms with van der Waals surface area (Å²) < 4.78 is 0. The topological polar surface area (TPSA) is 88.0 Å². The van der Waals surface area contributed by atoms with E-state index < -0.39 is 0 Å². The minimum Gasteiger partial charge on any atom is -0.349 e. The van der Waals surface area contributed by atoms with Crippen molar-refractivity contribution in [3.05, 3.63) is 34.2 Å². The first kappa shape index (κ1) is 9.92. The fourth-order valence-corrected chi connectivity index (χ4v) is 1.63. The minimum absolute atomic E-state index is 0.159. The van der Waals surface area contributed by atoms with E-state index >= 15 is 0 Å². The second-order valence-corrected chi connectivity index (χ2v) is 3.84. The fourth-order valence-electron chi connectivity index (χ4n) is 1.63. The molecule has 2 rings (SSSR count). The van der Waals surface area contributed by atoms with Gasteiger partial charge < -0.3 is 16.0 Å². The maximum atomic E-state index is 11.6. The van der Waals surface area contributed by atoms with Crippen molar-refractivity contribution < 1.29 is 4.79 Å². The largest absolute Gasteiger partial charge is 0.349 e. The average Bonchev–Trinajstić information content (AvgIpc) is 2.15. The van der Waals surface area contributed by atoms with Gasteiger partial charge in [0.15, 0.2) is 0 Å². The number of rotatable bonds is 2. The summed E-state index contributed by atoms with van der Waals surface area (Å²) in [7, 11) is 0. The van der Waals surface area contributed by atoms with Gasteiger partial charge in [-0.25, -0.2) is 0 Å². The van der Waals surface area contributed by atoms with Gasteiger partial charge in [0, 0.05) is 29.9 Å². The molecule has 0 aliphatic heterocycles. The summed E-state index contributed by atoms with van der Waals surface area (Å²) in [5, 5.41) is 2.82. The zero-order chi connectivity index (χ0) is 10.8. The van der Waals surface area contributed by atoms with Crippen molar-refractivity contribution in [2.45, 2.75) is 24.9 Å². The van der Waals surface area contributed by atoms with E-state index in [4.69, 9.17) is 5.73 Å². The predicted molar refractivity (Wildman–Crippen MR) is 55.5 cm³/mol. The summed E-state index contributed by atoms with van der Waals surface area (Å²) in [6.45, 7) is 0. The van der Waals surface area contributed by atoms with Crippen LogP contribution >= 0.6 is 0 Å². The van der Waals surface area contributed by atoms with Gasteiger partial charge in [0.05, 0.1) is 0 Å². The highest BCUT2D eigenvalue weighted by Crippen LogP contribution is 2.17. The lowest BCUT2D eigenvalue weighted by Gasteiger charge is -2.32. The number of carbonyl (C=O) groups excluding carboxylic acids is 1. The second-order valence-electron chi connectivity index (χ2n) is 3.84. The van der Waals surface area contributed by atoms with Crippen LogP contribution in [0, 0.1) is 0 Å². The van der Waals surface area contributed by atoms with Crippen molar-refractivity contribution in [1.29, 1.82) is 0 Å². The van der Waals surface area contributed by atoms with Crippen LogP contribution in [0.4, 0.5) is 0 Å². The average molecular weight is 207 g/mol. The Morgan fingerprint density at radius 1 is 1.53 bits per heavy atom. The van der Waals surface area contributed by atoms with Crippen molar-refractivity contribution in [2.24, 2.45) is 5.73 Å². The first-order valence-electron chi connectivity index (χ1n) is 4.90. The Kier molecular flexibility index (Phi) is 2.55. The van der Waals surface area contributed by atoms with E-state index in [2.05, 4.69) is 10.3 Å². The quantitative estimate of drug-likeness (QED) is 0.616. The van der Waals surface area contributed by atoms with Gasteiger partial charge in [-0.1, -0.05) is 0 Å². The molecular weight excluding hydrogens is 194 g/mol. The van der Waals surface area contributed by atoms with Gasteiger partial charge in [-0.15, -0.1) is 0 Å². The normalized spacial score (nSPS) is 24.3. The first-order chi connectivity index (χ1) is 7.15. The van der Waals surface area contributed by atoms with Gasteiger partial charge >= 0.3 is 0 Å². The molecule has 1 fully saturated rings. The molecule has 5 nitrogen and oxygen atoms in total. The van der Waals surface area contributed by atoms with Crippen LogP contribution in [0.5, 0.6) is 0 Å². The van der Waals surface area contributed by atoms with E-state index in [9.17, 15) is 9.59 Å². The molecule has 0 bridgehead atoms. The fraction of sp³-hybridized carbons (Fsp3) is 0.400. The van der Waals surface area contributed by atoms with E-state index in [1.54, 1.807) is 6.07 Å². The Morgan fingerprint density at radius 3 is 2.87 bits per heavy atom. The summed E-state index contributed by atoms with van der Waals surface area (Å²) in [5.74, 6) is -0.210. The van der Waals surface area contributed by atoms with E-state index in [0.717, 1.165) is 12.8 Å². The molecule has 1 aromatic heterocycles. The van der Waals surface area contributed by atoms with Crippen LogP contribution in [-0.4, -0.2) is 23.0 Å². The number of aromatic amines is 1. The molecule has 1 heterocycles. The van der Waals surface area contributed by atoms with Gasteiger partial charge in [-0.3, -0.25) is 9.59 Å². The van der Waals surface area contributed by atoms with Crippen molar-refractivity contribution in [3.63, 3.8) is 0 Å². The first-order valence-corrected chi connectivity index (χ1v) is 4.90. The van der Waals surface area contributed by atoms with Crippen molar-refractivity contribution in [3.8, 4) is 0 Å². The Balaban J connectivity index is 1.99. The van der Waals surface area contributed by atoms with Gasteiger partial charge in [-0.2, -0.15) is 0 Å². The molecule has 0 atom stereocenters. The highest BCUT2D eigenvalue weighted by atomic mass is 16.2. The number of hydrogen-bond acceptors (Lipinski definition) is 3. The van der Waals surface area contributed by atoms with E-state index in [1.165, 1.54) is 12.3 Å². The minimum atomic E-state index is -0.270. The van der Waals surface area contributed by atoms with Crippen molar-refractivity contribution in [2.75, 3.05) is 0 Å². The molecule has 5 heteroatoms. The lowest BCUT2D eigenvalue weighted by atomic mass is 9.87. The molecule has 0 unspecified atom stereocenters. The summed E-state index contributed by atoms with van der Waals surface area (Å²) in [4.78, 5) is 25.0. The maximum Gasteiger partial charge on any atom is 0.251 e. The molecule has 0 spiro atoms. The van der Waals surface area contributed by atoms with Crippen molar-refractivity contribution >= 4 is 5.91 Å². The van der Waals surface area contributed by atoms with Crippen LogP contribution < -0.4 is 16.6 Å². The molecule has 1 amide bonds. The van der Waals surface area contributed by atoms with Gasteiger partial charge in [0.25, 0.3) is 5.91 Å². The molecule has 80 valence electrons. The third-order valence-corrected chi connectivity index (χ3v) is 2.55. The molecule has 1 aliphatic carbocycles. The van der Waals surface area contributed by atoms with Gasteiger partial charge in [0.2, 0.25) is 5.56 Å². The highest BCUT2D eigenvalue weighted by molar-refractivity contribution is 5.94. The van der Waals surface area contributed by atoms with Crippen LogP contribution in [0.15, 0.2) is 23.1 Å². The number of pyridine rings is 1. The van der Waals surface area contributed by atoms with Crippen LogP contribution in [0.25, 0.3) is 0 Å². The third kappa shape index (κ3) is 2.24. The lowest BCUT2D eigenvalue weighted by Crippen LogP contribution is -2.50. The summed E-state index contributed by atoms with van der Waals surface area (Å²) >= 11 is 0. The van der Waals surface area contributed by atoms with Crippen LogP contribution in [0.2, 0.25) is 0 Å². The monoisotopic (exact) mass is 207 g/mol. The second kappa shape index (κ2) is 3.86. The Morgan fingerprint density at radius 2 is 2.27 bits per heavy atom. The van der Waals surface area contributed by atoms with E-state index in [0.29, 0.717) is 5.56 Å². The molecule has 15 heavy (non-hydrogen) atoms. The number of nitrogens with one attached hydrogen (secondary N) is 2. The number of carbonyl (C=O) groups is 1. The van der Waals surface area contributed by atoms with Crippen LogP contribution in [-0.2, 0) is 0 Å². The van der Waals surface area contributed by atoms with Crippen LogP contribution in [0.1, 0.15) is 23.2 Å². The summed E-state index contributed by atoms with van der Waals surface area (Å²) in [6.07, 6.45) is 3.09.